The minimum atomic E-state index is 0.191. The van der Waals surface area contributed by atoms with Gasteiger partial charge in [0.1, 0.15) is 5.69 Å². The Bertz CT molecular complexity index is 665. The zero-order chi connectivity index (χ0) is 14.9. The van der Waals surface area contributed by atoms with E-state index in [1.54, 1.807) is 0 Å². The number of fused-ring (bicyclic) bond motifs is 2. The Morgan fingerprint density at radius 1 is 1.23 bits per heavy atom. The van der Waals surface area contributed by atoms with Crippen molar-refractivity contribution in [2.24, 2.45) is 17.8 Å². The molecule has 3 atom stereocenters. The number of benzene rings is 1. The van der Waals surface area contributed by atoms with Gasteiger partial charge in [-0.1, -0.05) is 41.9 Å². The van der Waals surface area contributed by atoms with Crippen molar-refractivity contribution < 1.29 is 9.32 Å². The maximum absolute atomic E-state index is 12.3. The molecule has 0 aliphatic heterocycles. The van der Waals surface area contributed by atoms with Crippen LogP contribution >= 0.6 is 0 Å². The molecule has 1 aromatic carbocycles. The van der Waals surface area contributed by atoms with E-state index in [4.69, 9.17) is 4.52 Å². The zero-order valence-corrected chi connectivity index (χ0v) is 12.5. The first-order valence-corrected chi connectivity index (χ1v) is 8.08. The highest BCUT2D eigenvalue weighted by atomic mass is 16.5. The third-order valence-corrected chi connectivity index (χ3v) is 5.14. The number of rotatable bonds is 4. The van der Waals surface area contributed by atoms with Crippen LogP contribution in [-0.4, -0.2) is 11.1 Å². The zero-order valence-electron chi connectivity index (χ0n) is 12.5. The molecule has 2 fully saturated rings. The van der Waals surface area contributed by atoms with Crippen LogP contribution < -0.4 is 5.32 Å². The molecule has 0 unspecified atom stereocenters. The van der Waals surface area contributed by atoms with Crippen LogP contribution in [0.3, 0.4) is 0 Å². The summed E-state index contributed by atoms with van der Waals surface area (Å²) >= 11 is 0. The maximum atomic E-state index is 12.3. The van der Waals surface area contributed by atoms with E-state index in [1.807, 2.05) is 36.4 Å². The lowest BCUT2D eigenvalue weighted by molar-refractivity contribution is -0.126. The Kier molecular flexibility index (Phi) is 3.45. The molecule has 2 aliphatic carbocycles. The van der Waals surface area contributed by atoms with Crippen molar-refractivity contribution in [2.45, 2.75) is 32.2 Å². The Morgan fingerprint density at radius 3 is 2.82 bits per heavy atom. The van der Waals surface area contributed by atoms with Gasteiger partial charge in [-0.3, -0.25) is 4.79 Å². The van der Waals surface area contributed by atoms with Gasteiger partial charge in [-0.2, -0.15) is 0 Å². The van der Waals surface area contributed by atoms with E-state index in [0.29, 0.717) is 12.5 Å². The highest BCUT2D eigenvalue weighted by Crippen LogP contribution is 2.48. The number of amides is 1. The summed E-state index contributed by atoms with van der Waals surface area (Å²) in [6, 6.07) is 11.8. The summed E-state index contributed by atoms with van der Waals surface area (Å²) in [6.07, 6.45) is 4.87. The molecule has 4 nitrogen and oxygen atoms in total. The highest BCUT2D eigenvalue weighted by molar-refractivity contribution is 5.79. The molecule has 1 heterocycles. The molecule has 1 aromatic heterocycles. The van der Waals surface area contributed by atoms with Gasteiger partial charge in [0.2, 0.25) is 5.91 Å². The van der Waals surface area contributed by atoms with Gasteiger partial charge in [0, 0.05) is 17.5 Å². The number of carbonyl (C=O) groups excluding carboxylic acids is 1. The first-order valence-electron chi connectivity index (χ1n) is 8.08. The van der Waals surface area contributed by atoms with E-state index >= 15 is 0 Å². The number of nitrogens with one attached hydrogen (secondary N) is 1. The fraction of sp³-hybridized carbons (Fsp3) is 0.444. The van der Waals surface area contributed by atoms with Gasteiger partial charge >= 0.3 is 0 Å². The molecule has 1 N–H and O–H groups in total. The predicted molar refractivity (Wildman–Crippen MR) is 82.7 cm³/mol. The van der Waals surface area contributed by atoms with Crippen LogP contribution in [0.4, 0.5) is 0 Å². The molecule has 2 bridgehead atoms. The number of hydrogen-bond donors (Lipinski definition) is 1. The van der Waals surface area contributed by atoms with Crippen molar-refractivity contribution in [3.05, 3.63) is 42.1 Å². The lowest BCUT2D eigenvalue weighted by Crippen LogP contribution is -2.33. The Labute approximate surface area is 129 Å². The van der Waals surface area contributed by atoms with Gasteiger partial charge in [0.25, 0.3) is 0 Å². The van der Waals surface area contributed by atoms with E-state index in [9.17, 15) is 4.79 Å². The minimum absolute atomic E-state index is 0.191. The molecule has 1 amide bonds. The maximum Gasteiger partial charge on any atom is 0.223 e. The molecular weight excluding hydrogens is 276 g/mol. The lowest BCUT2D eigenvalue weighted by atomic mass is 9.88. The van der Waals surface area contributed by atoms with Crippen molar-refractivity contribution in [2.75, 3.05) is 0 Å². The average molecular weight is 296 g/mol. The monoisotopic (exact) mass is 296 g/mol. The fourth-order valence-corrected chi connectivity index (χ4v) is 4.01. The first kappa shape index (κ1) is 13.6. The van der Waals surface area contributed by atoms with Crippen LogP contribution in [-0.2, 0) is 11.3 Å². The highest BCUT2D eigenvalue weighted by Gasteiger charge is 2.42. The third-order valence-electron chi connectivity index (χ3n) is 5.14. The van der Waals surface area contributed by atoms with Gasteiger partial charge in [0.15, 0.2) is 5.76 Å². The predicted octanol–water partition coefficient (Wildman–Crippen LogP) is 3.39. The van der Waals surface area contributed by atoms with Gasteiger partial charge < -0.3 is 9.84 Å². The minimum Gasteiger partial charge on any atom is -0.356 e. The Balaban J connectivity index is 1.36. The standard InChI is InChI=1S/C18H20N2O2/c21-18(16-9-12-6-7-14(16)8-12)19-11-15-10-17(22-20-15)13-4-2-1-3-5-13/h1-5,10,12,14,16H,6-9,11H2,(H,19,21)/t12-,14-,16-/m0/s1. The van der Waals surface area contributed by atoms with E-state index in [2.05, 4.69) is 10.5 Å². The van der Waals surface area contributed by atoms with Crippen LogP contribution in [0.5, 0.6) is 0 Å². The van der Waals surface area contributed by atoms with Crippen LogP contribution in [0.1, 0.15) is 31.4 Å². The molecule has 114 valence electrons. The van der Waals surface area contributed by atoms with E-state index < -0.39 is 0 Å². The molecule has 2 saturated carbocycles. The quantitative estimate of drug-likeness (QED) is 0.941. The Hall–Kier alpha value is -2.10. The van der Waals surface area contributed by atoms with Crippen molar-refractivity contribution in [1.82, 2.24) is 10.5 Å². The topological polar surface area (TPSA) is 55.1 Å². The normalized spacial score (nSPS) is 26.3. The Morgan fingerprint density at radius 2 is 2.09 bits per heavy atom. The largest absolute Gasteiger partial charge is 0.356 e. The summed E-state index contributed by atoms with van der Waals surface area (Å²) in [7, 11) is 0. The summed E-state index contributed by atoms with van der Waals surface area (Å²) in [5.41, 5.74) is 1.77. The van der Waals surface area contributed by atoms with Crippen molar-refractivity contribution in [3.63, 3.8) is 0 Å². The summed E-state index contributed by atoms with van der Waals surface area (Å²) < 4.78 is 5.36. The smallest absolute Gasteiger partial charge is 0.223 e. The molecule has 0 spiro atoms. The summed E-state index contributed by atoms with van der Waals surface area (Å²) in [5.74, 6) is 2.56. The number of aromatic nitrogens is 1. The van der Waals surface area contributed by atoms with Crippen LogP contribution in [0, 0.1) is 17.8 Å². The molecule has 4 rings (SSSR count). The lowest BCUT2D eigenvalue weighted by Gasteiger charge is -2.20. The summed E-state index contributed by atoms with van der Waals surface area (Å²) in [6.45, 7) is 0.447. The number of hydrogen-bond acceptors (Lipinski definition) is 3. The van der Waals surface area contributed by atoms with Gasteiger partial charge in [-0.05, 0) is 31.1 Å². The third kappa shape index (κ3) is 2.54. The molecule has 0 saturated heterocycles. The SMILES string of the molecule is O=C(NCc1cc(-c2ccccc2)on1)[C@H]1C[C@H]2CC[C@H]1C2. The second kappa shape index (κ2) is 5.59. The van der Waals surface area contributed by atoms with Gasteiger partial charge in [0.05, 0.1) is 6.54 Å². The van der Waals surface area contributed by atoms with E-state index in [-0.39, 0.29) is 11.8 Å². The first-order chi connectivity index (χ1) is 10.8. The molecule has 2 aromatic rings. The van der Waals surface area contributed by atoms with Crippen LogP contribution in [0.15, 0.2) is 40.9 Å². The molecular formula is C18H20N2O2. The second-order valence-electron chi connectivity index (χ2n) is 6.55. The average Bonchev–Trinajstić information content (AvgIpc) is 3.29. The fourth-order valence-electron chi connectivity index (χ4n) is 4.01. The summed E-state index contributed by atoms with van der Waals surface area (Å²) in [5, 5.41) is 7.08. The number of carbonyl (C=O) groups is 1. The van der Waals surface area contributed by atoms with Gasteiger partial charge in [-0.15, -0.1) is 0 Å². The molecule has 22 heavy (non-hydrogen) atoms. The van der Waals surface area contributed by atoms with E-state index in [1.165, 1.54) is 19.3 Å². The van der Waals surface area contributed by atoms with E-state index in [0.717, 1.165) is 29.4 Å². The van der Waals surface area contributed by atoms with Crippen LogP contribution in [0.25, 0.3) is 11.3 Å². The van der Waals surface area contributed by atoms with Crippen molar-refractivity contribution >= 4 is 5.91 Å². The van der Waals surface area contributed by atoms with Crippen LogP contribution in [0.2, 0.25) is 0 Å². The van der Waals surface area contributed by atoms with Crippen molar-refractivity contribution in [3.8, 4) is 11.3 Å². The molecule has 4 heteroatoms. The number of nitrogens with zero attached hydrogens (tertiary/aromatic N) is 1. The second-order valence-corrected chi connectivity index (χ2v) is 6.55. The van der Waals surface area contributed by atoms with Gasteiger partial charge in [-0.25, -0.2) is 0 Å². The molecule has 2 aliphatic rings. The molecule has 0 radical (unpaired) electrons. The summed E-state index contributed by atoms with van der Waals surface area (Å²) in [4.78, 5) is 12.3. The van der Waals surface area contributed by atoms with Crippen molar-refractivity contribution in [1.29, 1.82) is 0 Å².